The Kier molecular flexibility index (Phi) is 2.98. The number of ether oxygens (including phenoxy) is 1. The van der Waals surface area contributed by atoms with Crippen LogP contribution in [0.4, 0.5) is 11.5 Å². The van der Waals surface area contributed by atoms with Crippen molar-refractivity contribution in [3.63, 3.8) is 0 Å². The van der Waals surface area contributed by atoms with Gasteiger partial charge in [-0.2, -0.15) is 0 Å². The van der Waals surface area contributed by atoms with Crippen LogP contribution < -0.4 is 10.6 Å². The third kappa shape index (κ3) is 2.16. The first-order valence-electron chi connectivity index (χ1n) is 6.21. The molecule has 1 aromatic heterocycles. The SMILES string of the molecule is COC(=O)c1nccc(N2Cc3ccc(N)cc3C2)n1. The van der Waals surface area contributed by atoms with E-state index in [0.717, 1.165) is 18.8 Å². The van der Waals surface area contributed by atoms with Gasteiger partial charge in [0.1, 0.15) is 5.82 Å². The Morgan fingerprint density at radius 3 is 2.90 bits per heavy atom. The summed E-state index contributed by atoms with van der Waals surface area (Å²) in [7, 11) is 1.31. The Bertz CT molecular complexity index is 672. The van der Waals surface area contributed by atoms with Gasteiger partial charge in [-0.15, -0.1) is 0 Å². The third-order valence-corrected chi connectivity index (χ3v) is 3.29. The highest BCUT2D eigenvalue weighted by Crippen LogP contribution is 2.28. The van der Waals surface area contributed by atoms with E-state index in [9.17, 15) is 4.79 Å². The Morgan fingerprint density at radius 1 is 1.30 bits per heavy atom. The van der Waals surface area contributed by atoms with E-state index in [2.05, 4.69) is 19.6 Å². The van der Waals surface area contributed by atoms with Gasteiger partial charge in [-0.1, -0.05) is 6.07 Å². The van der Waals surface area contributed by atoms with Crippen molar-refractivity contribution in [3.05, 3.63) is 47.4 Å². The van der Waals surface area contributed by atoms with Gasteiger partial charge in [-0.25, -0.2) is 14.8 Å². The Balaban J connectivity index is 1.87. The smallest absolute Gasteiger partial charge is 0.376 e. The molecule has 2 aromatic rings. The number of nitrogens with zero attached hydrogens (tertiary/aromatic N) is 3. The van der Waals surface area contributed by atoms with Gasteiger partial charge in [0.25, 0.3) is 0 Å². The molecule has 3 rings (SSSR count). The minimum Gasteiger partial charge on any atom is -0.463 e. The molecule has 1 aliphatic heterocycles. The molecule has 0 amide bonds. The predicted octanol–water partition coefficient (Wildman–Crippen LogP) is 1.37. The van der Waals surface area contributed by atoms with E-state index in [1.165, 1.54) is 18.2 Å². The molecule has 1 aliphatic rings. The summed E-state index contributed by atoms with van der Waals surface area (Å²) in [6.07, 6.45) is 1.56. The zero-order chi connectivity index (χ0) is 14.1. The fourth-order valence-corrected chi connectivity index (χ4v) is 2.29. The van der Waals surface area contributed by atoms with Crippen LogP contribution in [0.15, 0.2) is 30.5 Å². The predicted molar refractivity (Wildman–Crippen MR) is 74.1 cm³/mol. The second-order valence-electron chi connectivity index (χ2n) is 4.61. The Morgan fingerprint density at radius 2 is 2.10 bits per heavy atom. The molecular weight excluding hydrogens is 256 g/mol. The van der Waals surface area contributed by atoms with Crippen molar-refractivity contribution in [1.29, 1.82) is 0 Å². The molecule has 0 fully saturated rings. The topological polar surface area (TPSA) is 81.3 Å². The van der Waals surface area contributed by atoms with Crippen molar-refractivity contribution in [1.82, 2.24) is 9.97 Å². The van der Waals surface area contributed by atoms with Crippen LogP contribution in [0.5, 0.6) is 0 Å². The van der Waals surface area contributed by atoms with Gasteiger partial charge in [-0.3, -0.25) is 0 Å². The quantitative estimate of drug-likeness (QED) is 0.655. The van der Waals surface area contributed by atoms with E-state index in [-0.39, 0.29) is 5.82 Å². The lowest BCUT2D eigenvalue weighted by atomic mass is 10.1. The summed E-state index contributed by atoms with van der Waals surface area (Å²) in [5.74, 6) is 0.239. The Hall–Kier alpha value is -2.63. The van der Waals surface area contributed by atoms with Gasteiger partial charge in [-0.05, 0) is 29.3 Å². The first kappa shape index (κ1) is 12.4. The lowest BCUT2D eigenvalue weighted by Gasteiger charge is -2.16. The fraction of sp³-hybridized carbons (Fsp3) is 0.214. The number of rotatable bonds is 2. The number of nitrogens with two attached hydrogens (primary N) is 1. The number of aromatic nitrogens is 2. The molecule has 2 heterocycles. The molecule has 1 aromatic carbocycles. The van der Waals surface area contributed by atoms with Crippen molar-refractivity contribution in [2.45, 2.75) is 13.1 Å². The third-order valence-electron chi connectivity index (χ3n) is 3.29. The largest absolute Gasteiger partial charge is 0.463 e. The fourth-order valence-electron chi connectivity index (χ4n) is 2.29. The van der Waals surface area contributed by atoms with Gasteiger partial charge < -0.3 is 15.4 Å². The standard InChI is InChI=1S/C14H14N4O2/c1-20-14(19)13-16-5-4-12(17-13)18-7-9-2-3-11(15)6-10(9)8-18/h2-6H,7-8,15H2,1H3. The number of fused-ring (bicyclic) bond motifs is 1. The minimum absolute atomic E-state index is 0.0699. The molecule has 0 spiro atoms. The molecule has 6 heteroatoms. The highest BCUT2D eigenvalue weighted by molar-refractivity contribution is 5.85. The molecule has 0 unspecified atom stereocenters. The second kappa shape index (κ2) is 4.80. The first-order valence-corrected chi connectivity index (χ1v) is 6.21. The maximum Gasteiger partial charge on any atom is 0.376 e. The maximum atomic E-state index is 11.5. The summed E-state index contributed by atoms with van der Waals surface area (Å²) < 4.78 is 4.63. The van der Waals surface area contributed by atoms with E-state index in [0.29, 0.717) is 5.82 Å². The monoisotopic (exact) mass is 270 g/mol. The van der Waals surface area contributed by atoms with Crippen LogP contribution in [0.3, 0.4) is 0 Å². The first-order chi connectivity index (χ1) is 9.67. The van der Waals surface area contributed by atoms with Crippen molar-refractivity contribution in [3.8, 4) is 0 Å². The summed E-state index contributed by atoms with van der Waals surface area (Å²) in [4.78, 5) is 21.7. The molecular formula is C14H14N4O2. The maximum absolute atomic E-state index is 11.5. The summed E-state index contributed by atoms with van der Waals surface area (Å²) in [6, 6.07) is 7.66. The van der Waals surface area contributed by atoms with Crippen LogP contribution in [0.25, 0.3) is 0 Å². The molecule has 0 radical (unpaired) electrons. The molecule has 6 nitrogen and oxygen atoms in total. The van der Waals surface area contributed by atoms with Gasteiger partial charge in [0.05, 0.1) is 7.11 Å². The van der Waals surface area contributed by atoms with Gasteiger partial charge in [0, 0.05) is 25.0 Å². The normalized spacial score (nSPS) is 13.2. The lowest BCUT2D eigenvalue weighted by Crippen LogP contribution is -2.18. The average Bonchev–Trinajstić information content (AvgIpc) is 2.89. The molecule has 0 atom stereocenters. The van der Waals surface area contributed by atoms with Crippen molar-refractivity contribution in [2.75, 3.05) is 17.7 Å². The highest BCUT2D eigenvalue weighted by Gasteiger charge is 2.21. The molecule has 102 valence electrons. The number of hydrogen-bond acceptors (Lipinski definition) is 6. The van der Waals surface area contributed by atoms with Crippen LogP contribution in [0, 0.1) is 0 Å². The number of nitrogen functional groups attached to an aromatic ring is 1. The van der Waals surface area contributed by atoms with Crippen LogP contribution in [-0.4, -0.2) is 23.0 Å². The van der Waals surface area contributed by atoms with Gasteiger partial charge in [0.2, 0.25) is 5.82 Å². The molecule has 0 saturated carbocycles. The van der Waals surface area contributed by atoms with E-state index in [4.69, 9.17) is 5.73 Å². The lowest BCUT2D eigenvalue weighted by molar-refractivity contribution is 0.0587. The molecule has 0 saturated heterocycles. The highest BCUT2D eigenvalue weighted by atomic mass is 16.5. The summed E-state index contributed by atoms with van der Waals surface area (Å²) >= 11 is 0. The molecule has 0 bridgehead atoms. The average molecular weight is 270 g/mol. The van der Waals surface area contributed by atoms with E-state index < -0.39 is 5.97 Å². The van der Waals surface area contributed by atoms with Gasteiger partial charge >= 0.3 is 5.97 Å². The van der Waals surface area contributed by atoms with Crippen LogP contribution in [0.2, 0.25) is 0 Å². The van der Waals surface area contributed by atoms with Crippen LogP contribution in [-0.2, 0) is 17.8 Å². The van der Waals surface area contributed by atoms with E-state index in [1.807, 2.05) is 18.2 Å². The van der Waals surface area contributed by atoms with E-state index >= 15 is 0 Å². The summed E-state index contributed by atoms with van der Waals surface area (Å²) in [5, 5.41) is 0. The number of methoxy groups -OCH3 is 1. The number of carbonyl (C=O) groups excluding carboxylic acids is 1. The minimum atomic E-state index is -0.534. The zero-order valence-electron chi connectivity index (χ0n) is 11.0. The van der Waals surface area contributed by atoms with Crippen molar-refractivity contribution in [2.24, 2.45) is 0 Å². The number of carbonyl (C=O) groups is 1. The summed E-state index contributed by atoms with van der Waals surface area (Å²) in [6.45, 7) is 1.46. The van der Waals surface area contributed by atoms with Gasteiger partial charge in [0.15, 0.2) is 0 Å². The van der Waals surface area contributed by atoms with Crippen molar-refractivity contribution >= 4 is 17.5 Å². The number of esters is 1. The summed E-state index contributed by atoms with van der Waals surface area (Å²) in [5.41, 5.74) is 8.95. The Labute approximate surface area is 116 Å². The molecule has 0 aliphatic carbocycles. The zero-order valence-corrected chi connectivity index (χ0v) is 11.0. The number of hydrogen-bond donors (Lipinski definition) is 1. The second-order valence-corrected chi connectivity index (χ2v) is 4.61. The van der Waals surface area contributed by atoms with Crippen molar-refractivity contribution < 1.29 is 9.53 Å². The molecule has 20 heavy (non-hydrogen) atoms. The van der Waals surface area contributed by atoms with E-state index in [1.54, 1.807) is 12.3 Å². The number of anilines is 2. The number of benzene rings is 1. The van der Waals surface area contributed by atoms with Crippen LogP contribution in [0.1, 0.15) is 21.7 Å². The van der Waals surface area contributed by atoms with Crippen LogP contribution >= 0.6 is 0 Å². The molecule has 2 N–H and O–H groups in total.